The van der Waals surface area contributed by atoms with E-state index in [1.165, 1.54) is 17.5 Å². The number of carbonyl (C=O) groups excluding carboxylic acids is 1. The highest BCUT2D eigenvalue weighted by Crippen LogP contribution is 2.47. The van der Waals surface area contributed by atoms with Gasteiger partial charge in [0.25, 0.3) is 5.91 Å². The fourth-order valence-corrected chi connectivity index (χ4v) is 8.81. The number of hydrogen-bond donors (Lipinski definition) is 2. The largest absolute Gasteiger partial charge is 0.490 e. The minimum absolute atomic E-state index is 0.163. The number of anilines is 1. The maximum absolute atomic E-state index is 13.4. The molecule has 1 amide bonds. The second-order valence-corrected chi connectivity index (χ2v) is 15.8. The zero-order chi connectivity index (χ0) is 31.9. The van der Waals surface area contributed by atoms with Crippen molar-refractivity contribution in [2.75, 3.05) is 24.6 Å². The van der Waals surface area contributed by atoms with Gasteiger partial charge in [0.15, 0.2) is 0 Å². The maximum Gasteiger partial charge on any atom is 0.264 e. The number of fused-ring (bicyclic) bond motifs is 4. The van der Waals surface area contributed by atoms with Gasteiger partial charge in [-0.1, -0.05) is 29.8 Å². The smallest absolute Gasteiger partial charge is 0.264 e. The number of aryl methyl sites for hydroxylation is 1. The Labute approximate surface area is 275 Å². The summed E-state index contributed by atoms with van der Waals surface area (Å²) in [5.74, 6) is 1.33. The second kappa shape index (κ2) is 12.7. The van der Waals surface area contributed by atoms with Gasteiger partial charge in [-0.3, -0.25) is 9.89 Å². The zero-order valence-electron chi connectivity index (χ0n) is 26.0. The molecule has 1 spiro atoms. The lowest BCUT2D eigenvalue weighted by Gasteiger charge is -2.46. The molecule has 5 atom stereocenters. The molecule has 1 saturated carbocycles. The lowest BCUT2D eigenvalue weighted by atomic mass is 9.68. The van der Waals surface area contributed by atoms with Gasteiger partial charge in [0.1, 0.15) is 24.5 Å². The Balaban J connectivity index is 1.27. The first-order valence-electron chi connectivity index (χ1n) is 16.2. The molecular formula is C34H40ClN5O5S. The van der Waals surface area contributed by atoms with Crippen LogP contribution in [0.1, 0.15) is 72.8 Å². The van der Waals surface area contributed by atoms with Crippen molar-refractivity contribution in [3.05, 3.63) is 82.4 Å². The van der Waals surface area contributed by atoms with E-state index in [1.807, 2.05) is 18.2 Å². The Kier molecular flexibility index (Phi) is 8.58. The first-order chi connectivity index (χ1) is 22.2. The summed E-state index contributed by atoms with van der Waals surface area (Å²) in [6.07, 6.45) is 11.4. The average molecular weight is 666 g/mol. The highest BCUT2D eigenvalue weighted by atomic mass is 35.5. The van der Waals surface area contributed by atoms with Gasteiger partial charge in [-0.25, -0.2) is 18.1 Å². The van der Waals surface area contributed by atoms with Gasteiger partial charge in [0.05, 0.1) is 23.6 Å². The van der Waals surface area contributed by atoms with Crippen molar-refractivity contribution in [2.45, 2.75) is 75.2 Å². The van der Waals surface area contributed by atoms with Crippen molar-refractivity contribution < 1.29 is 22.7 Å². The number of sulfonamides is 1. The molecule has 0 radical (unpaired) electrons. The van der Waals surface area contributed by atoms with Crippen molar-refractivity contribution in [2.24, 2.45) is 11.8 Å². The molecule has 3 aromatic rings. The van der Waals surface area contributed by atoms with Crippen LogP contribution >= 0.6 is 11.6 Å². The SMILES string of the molecule is C[C@@H]1CC/C=C\[C@H](OCc2ncn[nH]2)[C@@H]2CC[C@H]2CN2C[C@@]3(CCCc4cc(Cl)ccc43)COc3ccc(cc32)C(=O)NS1(=O)=O. The van der Waals surface area contributed by atoms with Crippen molar-refractivity contribution in [1.29, 1.82) is 0 Å². The maximum atomic E-state index is 13.4. The summed E-state index contributed by atoms with van der Waals surface area (Å²) in [5.41, 5.74) is 3.36. The summed E-state index contributed by atoms with van der Waals surface area (Å²) in [6.45, 7) is 3.90. The third kappa shape index (κ3) is 6.16. The van der Waals surface area contributed by atoms with E-state index in [1.54, 1.807) is 19.1 Å². The van der Waals surface area contributed by atoms with Crippen LogP contribution in [0.25, 0.3) is 0 Å². The Hall–Kier alpha value is -3.41. The van der Waals surface area contributed by atoms with Crippen LogP contribution in [-0.4, -0.2) is 60.6 Å². The number of halogens is 1. The van der Waals surface area contributed by atoms with Gasteiger partial charge in [-0.15, -0.1) is 0 Å². The fourth-order valence-electron chi connectivity index (χ4n) is 7.59. The van der Waals surface area contributed by atoms with E-state index in [0.29, 0.717) is 55.7 Å². The predicted octanol–water partition coefficient (Wildman–Crippen LogP) is 5.34. The van der Waals surface area contributed by atoms with E-state index in [2.05, 4.69) is 43.0 Å². The fraction of sp³-hybridized carbons (Fsp3) is 0.500. The minimum Gasteiger partial charge on any atom is -0.490 e. The summed E-state index contributed by atoms with van der Waals surface area (Å²) < 4.78 is 41.7. The lowest BCUT2D eigenvalue weighted by Crippen LogP contribution is -2.49. The summed E-state index contributed by atoms with van der Waals surface area (Å²) in [5, 5.41) is 6.82. The molecule has 0 unspecified atom stereocenters. The number of rotatable bonds is 3. The van der Waals surface area contributed by atoms with Crippen LogP contribution in [0.5, 0.6) is 5.75 Å². The lowest BCUT2D eigenvalue weighted by molar-refractivity contribution is -0.0248. The molecule has 2 aliphatic heterocycles. The first-order valence-corrected chi connectivity index (χ1v) is 18.1. The number of allylic oxidation sites excluding steroid dienone is 1. The molecule has 2 N–H and O–H groups in total. The Morgan fingerprint density at radius 3 is 2.87 bits per heavy atom. The van der Waals surface area contributed by atoms with Crippen LogP contribution in [0.15, 0.2) is 54.9 Å². The van der Waals surface area contributed by atoms with Gasteiger partial charge in [0.2, 0.25) is 10.0 Å². The van der Waals surface area contributed by atoms with Gasteiger partial charge in [0, 0.05) is 29.1 Å². The summed E-state index contributed by atoms with van der Waals surface area (Å²) >= 11 is 6.43. The summed E-state index contributed by atoms with van der Waals surface area (Å²) in [4.78, 5) is 20.0. The number of nitrogens with one attached hydrogen (secondary N) is 2. The van der Waals surface area contributed by atoms with E-state index in [-0.39, 0.29) is 17.4 Å². The number of benzene rings is 2. The number of aromatic amines is 1. The standard InChI is InChI=1S/C34H40ClN5O5S/c1-22-5-2-3-7-30(44-18-32-36-21-37-38-32)27-11-8-25(27)17-40-19-34(14-4-6-23-15-26(35)10-12-28(23)34)20-45-31-13-9-24(16-29(31)40)33(41)39-46(22,42)43/h3,7,9-10,12-13,15-16,21-22,25,27,30H,2,4-6,8,11,14,17-20H2,1H3,(H,39,41)(H,36,37,38)/b7-3-/t22-,25+,27-,30+,34+/m1/s1. The molecule has 1 fully saturated rings. The van der Waals surface area contributed by atoms with Crippen LogP contribution in [-0.2, 0) is 33.2 Å². The van der Waals surface area contributed by atoms with E-state index < -0.39 is 21.2 Å². The topological polar surface area (TPSA) is 127 Å². The molecule has 244 valence electrons. The predicted molar refractivity (Wildman–Crippen MR) is 176 cm³/mol. The van der Waals surface area contributed by atoms with Crippen molar-refractivity contribution in [1.82, 2.24) is 19.9 Å². The van der Waals surface area contributed by atoms with Crippen LogP contribution < -0.4 is 14.4 Å². The number of carbonyl (C=O) groups is 1. The second-order valence-electron chi connectivity index (χ2n) is 13.3. The molecule has 2 aliphatic carbocycles. The molecule has 7 rings (SSSR count). The number of hydrogen-bond acceptors (Lipinski definition) is 8. The quantitative estimate of drug-likeness (QED) is 0.359. The van der Waals surface area contributed by atoms with Crippen molar-refractivity contribution >= 4 is 33.2 Å². The van der Waals surface area contributed by atoms with Crippen molar-refractivity contribution in [3.63, 3.8) is 0 Å². The molecule has 4 aliphatic rings. The third-order valence-corrected chi connectivity index (χ3v) is 12.4. The van der Waals surface area contributed by atoms with Crippen LogP contribution in [0, 0.1) is 11.8 Å². The summed E-state index contributed by atoms with van der Waals surface area (Å²) in [7, 11) is -3.89. The van der Waals surface area contributed by atoms with Crippen molar-refractivity contribution in [3.8, 4) is 5.75 Å². The van der Waals surface area contributed by atoms with E-state index >= 15 is 0 Å². The molecule has 12 heteroatoms. The van der Waals surface area contributed by atoms with Crippen LogP contribution in [0.2, 0.25) is 5.02 Å². The average Bonchev–Trinajstić information content (AvgIpc) is 3.50. The zero-order valence-corrected chi connectivity index (χ0v) is 27.5. The number of amides is 1. The molecule has 1 aromatic heterocycles. The Bertz CT molecular complexity index is 1730. The highest BCUT2D eigenvalue weighted by Gasteiger charge is 2.44. The minimum atomic E-state index is -3.89. The number of aromatic nitrogens is 3. The molecule has 46 heavy (non-hydrogen) atoms. The number of ether oxygens (including phenoxy) is 2. The van der Waals surface area contributed by atoms with E-state index in [0.717, 1.165) is 49.4 Å². The Morgan fingerprint density at radius 2 is 2.07 bits per heavy atom. The Morgan fingerprint density at radius 1 is 1.17 bits per heavy atom. The van der Waals surface area contributed by atoms with Crippen LogP contribution in [0.3, 0.4) is 0 Å². The number of nitrogens with zero attached hydrogens (tertiary/aromatic N) is 3. The van der Waals surface area contributed by atoms with Gasteiger partial charge >= 0.3 is 0 Å². The molecule has 2 aromatic carbocycles. The first kappa shape index (κ1) is 31.2. The van der Waals surface area contributed by atoms with E-state index in [4.69, 9.17) is 21.1 Å². The molecule has 3 heterocycles. The third-order valence-electron chi connectivity index (χ3n) is 10.4. The van der Waals surface area contributed by atoms with Crippen LogP contribution in [0.4, 0.5) is 5.69 Å². The summed E-state index contributed by atoms with van der Waals surface area (Å²) in [6, 6.07) is 11.5. The normalized spacial score (nSPS) is 29.8. The molecular weight excluding hydrogens is 626 g/mol. The van der Waals surface area contributed by atoms with E-state index in [9.17, 15) is 13.2 Å². The van der Waals surface area contributed by atoms with Gasteiger partial charge < -0.3 is 14.4 Å². The molecule has 2 bridgehead atoms. The van der Waals surface area contributed by atoms with Gasteiger partial charge in [-0.05, 0) is 105 Å². The van der Waals surface area contributed by atoms with Gasteiger partial charge in [-0.2, -0.15) is 5.10 Å². The monoisotopic (exact) mass is 665 g/mol. The molecule has 0 saturated heterocycles. The number of H-pyrrole nitrogens is 1. The molecule has 10 nitrogen and oxygen atoms in total. The highest BCUT2D eigenvalue weighted by molar-refractivity contribution is 7.90.